The summed E-state index contributed by atoms with van der Waals surface area (Å²) in [6.45, 7) is 10.4. The molecule has 1 N–H and O–H groups in total. The van der Waals surface area contributed by atoms with Gasteiger partial charge in [-0.3, -0.25) is 0 Å². The Balaban J connectivity index is 1.72. The molecule has 0 unspecified atom stereocenters. The highest BCUT2D eigenvalue weighted by Crippen LogP contribution is 2.62. The molecule has 1 aliphatic carbocycles. The Bertz CT molecular complexity index is 511. The molecular weight excluding hydrogens is 306 g/mol. The fraction of sp³-hybridized carbons (Fsp3) is 0.600. The number of ether oxygens (including phenoxy) is 2. The van der Waals surface area contributed by atoms with Gasteiger partial charge in [0.2, 0.25) is 6.79 Å². The predicted molar refractivity (Wildman–Crippen MR) is 78.5 cm³/mol. The second-order valence-electron chi connectivity index (χ2n) is 6.55. The van der Waals surface area contributed by atoms with Crippen molar-refractivity contribution in [2.45, 2.75) is 40.3 Å². The van der Waals surface area contributed by atoms with Crippen LogP contribution in [0, 0.1) is 10.8 Å². The standard InChI is InChI=1S/C15H20BrNO2/c1-14(2)13(15(14,3)4)17-7-9-5-11-12(6-10(9)16)19-8-18-11/h5-6,13,17H,7-8H2,1-4H3. The van der Waals surface area contributed by atoms with Crippen LogP contribution in [0.15, 0.2) is 16.6 Å². The summed E-state index contributed by atoms with van der Waals surface area (Å²) in [5, 5.41) is 3.66. The molecule has 1 saturated carbocycles. The molecule has 1 heterocycles. The number of hydrogen-bond acceptors (Lipinski definition) is 3. The van der Waals surface area contributed by atoms with E-state index in [9.17, 15) is 0 Å². The third kappa shape index (κ3) is 1.96. The first kappa shape index (κ1) is 13.3. The van der Waals surface area contributed by atoms with Crippen LogP contribution in [-0.2, 0) is 6.54 Å². The second-order valence-corrected chi connectivity index (χ2v) is 7.41. The second kappa shape index (κ2) is 4.13. The average Bonchev–Trinajstić information content (AvgIpc) is 2.69. The summed E-state index contributed by atoms with van der Waals surface area (Å²) < 4.78 is 11.9. The van der Waals surface area contributed by atoms with E-state index in [1.807, 2.05) is 6.07 Å². The number of hydrogen-bond donors (Lipinski definition) is 1. The quantitative estimate of drug-likeness (QED) is 0.919. The summed E-state index contributed by atoms with van der Waals surface area (Å²) in [6.07, 6.45) is 0. The number of nitrogens with one attached hydrogen (secondary N) is 1. The van der Waals surface area contributed by atoms with Gasteiger partial charge in [-0.1, -0.05) is 43.6 Å². The average molecular weight is 326 g/mol. The number of halogens is 1. The molecular formula is C15H20BrNO2. The first-order valence-electron chi connectivity index (χ1n) is 6.65. The van der Waals surface area contributed by atoms with E-state index in [0.29, 0.717) is 23.7 Å². The molecule has 1 fully saturated rings. The highest BCUT2D eigenvalue weighted by Gasteiger charge is 2.64. The van der Waals surface area contributed by atoms with Gasteiger partial charge in [-0.2, -0.15) is 0 Å². The molecule has 19 heavy (non-hydrogen) atoms. The Morgan fingerprint density at radius 3 is 2.32 bits per heavy atom. The van der Waals surface area contributed by atoms with Crippen molar-refractivity contribution in [3.8, 4) is 11.5 Å². The Labute approximate surface area is 122 Å². The zero-order chi connectivity index (χ0) is 13.8. The molecule has 0 aromatic heterocycles. The Kier molecular flexibility index (Phi) is 2.88. The van der Waals surface area contributed by atoms with Crippen LogP contribution in [0.4, 0.5) is 0 Å². The molecule has 1 aromatic rings. The smallest absolute Gasteiger partial charge is 0.231 e. The van der Waals surface area contributed by atoms with Crippen molar-refractivity contribution in [1.82, 2.24) is 5.32 Å². The number of benzene rings is 1. The van der Waals surface area contributed by atoms with Crippen molar-refractivity contribution in [3.05, 3.63) is 22.2 Å². The molecule has 2 aliphatic rings. The zero-order valence-electron chi connectivity index (χ0n) is 11.8. The topological polar surface area (TPSA) is 30.5 Å². The van der Waals surface area contributed by atoms with Gasteiger partial charge in [-0.15, -0.1) is 0 Å². The maximum atomic E-state index is 5.43. The Morgan fingerprint density at radius 2 is 1.74 bits per heavy atom. The largest absolute Gasteiger partial charge is 0.454 e. The van der Waals surface area contributed by atoms with Crippen LogP contribution in [0.3, 0.4) is 0 Å². The molecule has 0 bridgehead atoms. The molecule has 3 nitrogen and oxygen atoms in total. The van der Waals surface area contributed by atoms with Crippen LogP contribution >= 0.6 is 15.9 Å². The molecule has 0 atom stereocenters. The molecule has 104 valence electrons. The van der Waals surface area contributed by atoms with E-state index in [2.05, 4.69) is 55.0 Å². The molecule has 1 aliphatic heterocycles. The molecule has 0 saturated heterocycles. The van der Waals surface area contributed by atoms with Crippen molar-refractivity contribution in [3.63, 3.8) is 0 Å². The summed E-state index contributed by atoms with van der Waals surface area (Å²) in [4.78, 5) is 0. The fourth-order valence-corrected chi connectivity index (χ4v) is 3.48. The predicted octanol–water partition coefficient (Wildman–Crippen LogP) is 3.70. The van der Waals surface area contributed by atoms with Gasteiger partial charge in [0, 0.05) is 17.1 Å². The van der Waals surface area contributed by atoms with Gasteiger partial charge in [0.25, 0.3) is 0 Å². The van der Waals surface area contributed by atoms with Crippen LogP contribution in [0.5, 0.6) is 11.5 Å². The lowest BCUT2D eigenvalue weighted by atomic mass is 10.0. The van der Waals surface area contributed by atoms with Gasteiger partial charge < -0.3 is 14.8 Å². The van der Waals surface area contributed by atoms with E-state index < -0.39 is 0 Å². The summed E-state index contributed by atoms with van der Waals surface area (Å²) in [5.74, 6) is 1.66. The van der Waals surface area contributed by atoms with Gasteiger partial charge in [-0.25, -0.2) is 0 Å². The van der Waals surface area contributed by atoms with Gasteiger partial charge in [0.15, 0.2) is 11.5 Å². The third-order valence-electron chi connectivity index (χ3n) is 5.06. The van der Waals surface area contributed by atoms with Crippen molar-refractivity contribution in [2.75, 3.05) is 6.79 Å². The monoisotopic (exact) mass is 325 g/mol. The van der Waals surface area contributed by atoms with Crippen LogP contribution < -0.4 is 14.8 Å². The lowest BCUT2D eigenvalue weighted by molar-refractivity contribution is 0.174. The van der Waals surface area contributed by atoms with E-state index in [4.69, 9.17) is 9.47 Å². The summed E-state index contributed by atoms with van der Waals surface area (Å²) in [5.41, 5.74) is 1.92. The number of rotatable bonds is 3. The van der Waals surface area contributed by atoms with Crippen LogP contribution in [-0.4, -0.2) is 12.8 Å². The van der Waals surface area contributed by atoms with Crippen molar-refractivity contribution >= 4 is 15.9 Å². The lowest BCUT2D eigenvalue weighted by Gasteiger charge is -2.09. The zero-order valence-corrected chi connectivity index (χ0v) is 13.4. The maximum Gasteiger partial charge on any atom is 0.231 e. The maximum absolute atomic E-state index is 5.43. The van der Waals surface area contributed by atoms with E-state index >= 15 is 0 Å². The van der Waals surface area contributed by atoms with Crippen LogP contribution in [0.25, 0.3) is 0 Å². The van der Waals surface area contributed by atoms with E-state index in [1.54, 1.807) is 0 Å². The highest BCUT2D eigenvalue weighted by atomic mass is 79.9. The number of fused-ring (bicyclic) bond motifs is 1. The summed E-state index contributed by atoms with van der Waals surface area (Å²) in [6, 6.07) is 4.60. The van der Waals surface area contributed by atoms with Gasteiger partial charge in [0.1, 0.15) is 0 Å². The fourth-order valence-electron chi connectivity index (χ4n) is 3.01. The van der Waals surface area contributed by atoms with E-state index in [0.717, 1.165) is 22.5 Å². The van der Waals surface area contributed by atoms with Gasteiger partial charge in [-0.05, 0) is 28.5 Å². The summed E-state index contributed by atoms with van der Waals surface area (Å²) in [7, 11) is 0. The van der Waals surface area contributed by atoms with Gasteiger partial charge in [0.05, 0.1) is 0 Å². The van der Waals surface area contributed by atoms with Gasteiger partial charge >= 0.3 is 0 Å². The SMILES string of the molecule is CC1(C)C(NCc2cc3c(cc2Br)OCO3)C1(C)C. The molecule has 0 spiro atoms. The lowest BCUT2D eigenvalue weighted by Crippen LogP contribution is -2.21. The van der Waals surface area contributed by atoms with Crippen LogP contribution in [0.1, 0.15) is 33.3 Å². The molecule has 0 amide bonds. The molecule has 3 rings (SSSR count). The highest BCUT2D eigenvalue weighted by molar-refractivity contribution is 9.10. The minimum absolute atomic E-state index is 0.321. The minimum atomic E-state index is 0.321. The van der Waals surface area contributed by atoms with E-state index in [-0.39, 0.29) is 0 Å². The van der Waals surface area contributed by atoms with Crippen molar-refractivity contribution in [1.29, 1.82) is 0 Å². The Hall–Kier alpha value is -0.740. The third-order valence-corrected chi connectivity index (χ3v) is 5.80. The molecule has 4 heteroatoms. The van der Waals surface area contributed by atoms with E-state index in [1.165, 1.54) is 5.56 Å². The first-order chi connectivity index (χ1) is 8.84. The molecule has 1 aromatic carbocycles. The summed E-state index contributed by atoms with van der Waals surface area (Å²) >= 11 is 3.60. The first-order valence-corrected chi connectivity index (χ1v) is 7.45. The van der Waals surface area contributed by atoms with Crippen molar-refractivity contribution in [2.24, 2.45) is 10.8 Å². The van der Waals surface area contributed by atoms with Crippen LogP contribution in [0.2, 0.25) is 0 Å². The Morgan fingerprint density at radius 1 is 1.16 bits per heavy atom. The normalized spacial score (nSPS) is 22.6. The molecule has 0 radical (unpaired) electrons. The van der Waals surface area contributed by atoms with Crippen molar-refractivity contribution < 1.29 is 9.47 Å². The minimum Gasteiger partial charge on any atom is -0.454 e.